The van der Waals surface area contributed by atoms with Gasteiger partial charge in [0.2, 0.25) is 0 Å². The largest absolute Gasteiger partial charge is 0.382 e. The molecule has 22 heavy (non-hydrogen) atoms. The molecule has 0 bridgehead atoms. The number of rotatable bonds is 4. The predicted octanol–water partition coefficient (Wildman–Crippen LogP) is 4.38. The summed E-state index contributed by atoms with van der Waals surface area (Å²) in [6.45, 7) is 7.73. The van der Waals surface area contributed by atoms with Crippen LogP contribution in [0.2, 0.25) is 0 Å². The number of hydrogen-bond donors (Lipinski definition) is 1. The van der Waals surface area contributed by atoms with Crippen LogP contribution in [0.4, 0.5) is 5.69 Å². The van der Waals surface area contributed by atoms with Gasteiger partial charge in [0.1, 0.15) is 0 Å². The molecule has 1 saturated heterocycles. The standard InChI is InChI=1S/C20H26N2/c1-16-6-8-18(9-7-16)15-22-12-10-19(11-13-22)21-20-5-3-4-17(2)14-20/h3-9,14,19,21H,10-13,15H2,1-2H3. The van der Waals surface area contributed by atoms with Crippen molar-refractivity contribution in [3.8, 4) is 0 Å². The Balaban J connectivity index is 1.49. The lowest BCUT2D eigenvalue weighted by atomic mass is 10.0. The van der Waals surface area contributed by atoms with Gasteiger partial charge in [-0.2, -0.15) is 0 Å². The summed E-state index contributed by atoms with van der Waals surface area (Å²) in [5.74, 6) is 0. The molecule has 2 nitrogen and oxygen atoms in total. The normalized spacial score (nSPS) is 16.6. The SMILES string of the molecule is Cc1ccc(CN2CCC(Nc3cccc(C)c3)CC2)cc1. The number of benzene rings is 2. The number of hydrogen-bond acceptors (Lipinski definition) is 2. The molecule has 0 spiro atoms. The minimum Gasteiger partial charge on any atom is -0.382 e. The van der Waals surface area contributed by atoms with Gasteiger partial charge in [-0.15, -0.1) is 0 Å². The van der Waals surface area contributed by atoms with Crippen LogP contribution in [0.15, 0.2) is 48.5 Å². The van der Waals surface area contributed by atoms with Crippen LogP contribution in [0, 0.1) is 13.8 Å². The van der Waals surface area contributed by atoms with Crippen molar-refractivity contribution in [1.82, 2.24) is 4.90 Å². The minimum atomic E-state index is 0.607. The third-order valence-electron chi connectivity index (χ3n) is 4.50. The highest BCUT2D eigenvalue weighted by Crippen LogP contribution is 2.19. The summed E-state index contributed by atoms with van der Waals surface area (Å²) >= 11 is 0. The number of piperidine rings is 1. The first-order chi connectivity index (χ1) is 10.7. The van der Waals surface area contributed by atoms with Gasteiger partial charge < -0.3 is 5.32 Å². The Labute approximate surface area is 134 Å². The van der Waals surface area contributed by atoms with Crippen LogP contribution < -0.4 is 5.32 Å². The van der Waals surface area contributed by atoms with Crippen LogP contribution in [-0.4, -0.2) is 24.0 Å². The zero-order valence-corrected chi connectivity index (χ0v) is 13.7. The molecular weight excluding hydrogens is 268 g/mol. The molecule has 116 valence electrons. The summed E-state index contributed by atoms with van der Waals surface area (Å²) in [6.07, 6.45) is 2.44. The van der Waals surface area contributed by atoms with Crippen molar-refractivity contribution in [3.63, 3.8) is 0 Å². The van der Waals surface area contributed by atoms with Crippen molar-refractivity contribution in [3.05, 3.63) is 65.2 Å². The molecule has 3 rings (SSSR count). The number of aryl methyl sites for hydroxylation is 2. The first-order valence-corrected chi connectivity index (χ1v) is 8.30. The molecule has 1 N–H and O–H groups in total. The molecule has 2 aromatic carbocycles. The molecule has 1 heterocycles. The summed E-state index contributed by atoms with van der Waals surface area (Å²) in [5, 5.41) is 3.69. The smallest absolute Gasteiger partial charge is 0.0344 e. The topological polar surface area (TPSA) is 15.3 Å². The van der Waals surface area contributed by atoms with Gasteiger partial charge in [-0.25, -0.2) is 0 Å². The summed E-state index contributed by atoms with van der Waals surface area (Å²) in [6, 6.07) is 18.2. The molecule has 1 aliphatic heterocycles. The Hall–Kier alpha value is -1.80. The van der Waals surface area contributed by atoms with E-state index < -0.39 is 0 Å². The Bertz CT molecular complexity index is 595. The maximum atomic E-state index is 3.69. The Morgan fingerprint density at radius 1 is 0.955 bits per heavy atom. The first kappa shape index (κ1) is 15.1. The van der Waals surface area contributed by atoms with Crippen LogP contribution in [0.25, 0.3) is 0 Å². The van der Waals surface area contributed by atoms with E-state index in [9.17, 15) is 0 Å². The molecule has 0 radical (unpaired) electrons. The van der Waals surface area contributed by atoms with E-state index in [2.05, 4.69) is 72.6 Å². The lowest BCUT2D eigenvalue weighted by Gasteiger charge is -2.33. The second-order valence-corrected chi connectivity index (χ2v) is 6.55. The highest BCUT2D eigenvalue weighted by atomic mass is 15.1. The molecular formula is C20H26N2. The first-order valence-electron chi connectivity index (χ1n) is 8.30. The third kappa shape index (κ3) is 4.11. The fourth-order valence-electron chi connectivity index (χ4n) is 3.16. The molecule has 0 aliphatic carbocycles. The maximum Gasteiger partial charge on any atom is 0.0344 e. The molecule has 1 aliphatic rings. The number of likely N-dealkylation sites (tertiary alicyclic amines) is 1. The van der Waals surface area contributed by atoms with Crippen LogP contribution in [0.5, 0.6) is 0 Å². The average molecular weight is 294 g/mol. The van der Waals surface area contributed by atoms with Gasteiger partial charge in [0.15, 0.2) is 0 Å². The molecule has 2 aromatic rings. The lowest BCUT2D eigenvalue weighted by Crippen LogP contribution is -2.38. The van der Waals surface area contributed by atoms with Gasteiger partial charge in [0, 0.05) is 31.4 Å². The monoisotopic (exact) mass is 294 g/mol. The second-order valence-electron chi connectivity index (χ2n) is 6.55. The third-order valence-corrected chi connectivity index (χ3v) is 4.50. The van der Waals surface area contributed by atoms with Crippen molar-refractivity contribution in [1.29, 1.82) is 0 Å². The van der Waals surface area contributed by atoms with E-state index in [4.69, 9.17) is 0 Å². The Morgan fingerprint density at radius 3 is 2.36 bits per heavy atom. The van der Waals surface area contributed by atoms with Crippen molar-refractivity contribution in [2.45, 2.75) is 39.3 Å². The Morgan fingerprint density at radius 2 is 1.68 bits per heavy atom. The fraction of sp³-hybridized carbons (Fsp3) is 0.400. The fourth-order valence-corrected chi connectivity index (χ4v) is 3.16. The number of anilines is 1. The number of nitrogens with zero attached hydrogens (tertiary/aromatic N) is 1. The molecule has 0 atom stereocenters. The zero-order chi connectivity index (χ0) is 15.4. The van der Waals surface area contributed by atoms with E-state index in [0.717, 1.165) is 6.54 Å². The van der Waals surface area contributed by atoms with E-state index in [1.807, 2.05) is 0 Å². The van der Waals surface area contributed by atoms with E-state index in [1.54, 1.807) is 0 Å². The van der Waals surface area contributed by atoms with E-state index in [1.165, 1.54) is 48.3 Å². The van der Waals surface area contributed by atoms with Crippen LogP contribution >= 0.6 is 0 Å². The lowest BCUT2D eigenvalue weighted by molar-refractivity contribution is 0.211. The molecule has 0 unspecified atom stereocenters. The highest BCUT2D eigenvalue weighted by Gasteiger charge is 2.19. The van der Waals surface area contributed by atoms with Gasteiger partial charge in [0.25, 0.3) is 0 Å². The molecule has 2 heteroatoms. The van der Waals surface area contributed by atoms with Gasteiger partial charge in [0.05, 0.1) is 0 Å². The van der Waals surface area contributed by atoms with Gasteiger partial charge >= 0.3 is 0 Å². The molecule has 0 amide bonds. The predicted molar refractivity (Wildman–Crippen MR) is 94.3 cm³/mol. The van der Waals surface area contributed by atoms with E-state index in [0.29, 0.717) is 6.04 Å². The Kier molecular flexibility index (Phi) is 4.79. The summed E-state index contributed by atoms with van der Waals surface area (Å²) in [4.78, 5) is 2.57. The average Bonchev–Trinajstić information content (AvgIpc) is 2.52. The molecule has 0 saturated carbocycles. The quantitative estimate of drug-likeness (QED) is 0.900. The van der Waals surface area contributed by atoms with Crippen molar-refractivity contribution in [2.24, 2.45) is 0 Å². The zero-order valence-electron chi connectivity index (χ0n) is 13.7. The summed E-state index contributed by atoms with van der Waals surface area (Å²) in [5.41, 5.74) is 5.35. The maximum absolute atomic E-state index is 3.69. The van der Waals surface area contributed by atoms with E-state index >= 15 is 0 Å². The van der Waals surface area contributed by atoms with Gasteiger partial charge in [-0.05, 0) is 49.9 Å². The highest BCUT2D eigenvalue weighted by molar-refractivity contribution is 5.46. The summed E-state index contributed by atoms with van der Waals surface area (Å²) < 4.78 is 0. The van der Waals surface area contributed by atoms with Crippen molar-refractivity contribution < 1.29 is 0 Å². The van der Waals surface area contributed by atoms with Crippen molar-refractivity contribution in [2.75, 3.05) is 18.4 Å². The minimum absolute atomic E-state index is 0.607. The second kappa shape index (κ2) is 6.97. The van der Waals surface area contributed by atoms with Crippen LogP contribution in [-0.2, 0) is 6.54 Å². The van der Waals surface area contributed by atoms with E-state index in [-0.39, 0.29) is 0 Å². The van der Waals surface area contributed by atoms with Crippen LogP contribution in [0.1, 0.15) is 29.5 Å². The number of nitrogens with one attached hydrogen (secondary N) is 1. The van der Waals surface area contributed by atoms with Gasteiger partial charge in [-0.1, -0.05) is 42.0 Å². The van der Waals surface area contributed by atoms with Crippen molar-refractivity contribution >= 4 is 5.69 Å². The molecule has 0 aromatic heterocycles. The summed E-state index contributed by atoms with van der Waals surface area (Å²) in [7, 11) is 0. The van der Waals surface area contributed by atoms with Gasteiger partial charge in [-0.3, -0.25) is 4.90 Å². The molecule has 1 fully saturated rings. The van der Waals surface area contributed by atoms with Crippen LogP contribution in [0.3, 0.4) is 0 Å².